The van der Waals surface area contributed by atoms with E-state index in [4.69, 9.17) is 0 Å². The zero-order valence-corrected chi connectivity index (χ0v) is 15.3. The topological polar surface area (TPSA) is 15.3 Å². The Morgan fingerprint density at radius 1 is 1.15 bits per heavy atom. The van der Waals surface area contributed by atoms with Gasteiger partial charge in [-0.25, -0.2) is 0 Å². The summed E-state index contributed by atoms with van der Waals surface area (Å²) in [6.07, 6.45) is 1.21. The van der Waals surface area contributed by atoms with E-state index in [9.17, 15) is 0 Å². The molecule has 1 aromatic carbocycles. The van der Waals surface area contributed by atoms with Gasteiger partial charge in [-0.1, -0.05) is 33.8 Å². The number of nitrogens with zero attached hydrogens (tertiary/aromatic N) is 1. The molecule has 0 aliphatic carbocycles. The highest BCUT2D eigenvalue weighted by molar-refractivity contribution is 9.10. The minimum Gasteiger partial charge on any atom is -0.371 e. The number of nitrogens with one attached hydrogen (secondary N) is 1. The first-order chi connectivity index (χ1) is 9.31. The van der Waals surface area contributed by atoms with Crippen molar-refractivity contribution in [3.8, 4) is 0 Å². The standard InChI is InChI=1S/C17H29BrN2/c1-12(2)9-14(5)20(6)17-8-7-15(10-16(17)18)11-19-13(3)4/h7-8,10,12-14,19H,9,11H2,1-6H3. The molecule has 0 aliphatic rings. The van der Waals surface area contributed by atoms with Crippen molar-refractivity contribution in [3.63, 3.8) is 0 Å². The molecule has 0 saturated heterocycles. The van der Waals surface area contributed by atoms with E-state index in [1.54, 1.807) is 0 Å². The predicted molar refractivity (Wildman–Crippen MR) is 93.4 cm³/mol. The zero-order valence-electron chi connectivity index (χ0n) is 13.7. The molecule has 114 valence electrons. The molecule has 0 fully saturated rings. The van der Waals surface area contributed by atoms with Gasteiger partial charge < -0.3 is 10.2 Å². The fourth-order valence-electron chi connectivity index (χ4n) is 2.35. The van der Waals surface area contributed by atoms with Crippen molar-refractivity contribution in [2.75, 3.05) is 11.9 Å². The van der Waals surface area contributed by atoms with Crippen LogP contribution >= 0.6 is 15.9 Å². The van der Waals surface area contributed by atoms with Gasteiger partial charge >= 0.3 is 0 Å². The lowest BCUT2D eigenvalue weighted by molar-refractivity contribution is 0.504. The molecule has 0 aromatic heterocycles. The monoisotopic (exact) mass is 340 g/mol. The lowest BCUT2D eigenvalue weighted by Gasteiger charge is -2.29. The van der Waals surface area contributed by atoms with Gasteiger partial charge in [0, 0.05) is 30.1 Å². The van der Waals surface area contributed by atoms with Gasteiger partial charge in [-0.05, 0) is 52.9 Å². The Morgan fingerprint density at radius 3 is 2.30 bits per heavy atom. The van der Waals surface area contributed by atoms with Gasteiger partial charge in [-0.2, -0.15) is 0 Å². The van der Waals surface area contributed by atoms with Crippen LogP contribution in [0.25, 0.3) is 0 Å². The highest BCUT2D eigenvalue weighted by Gasteiger charge is 2.14. The van der Waals surface area contributed by atoms with E-state index in [1.165, 1.54) is 22.1 Å². The van der Waals surface area contributed by atoms with E-state index in [2.05, 4.69) is 86.0 Å². The minimum atomic E-state index is 0.516. The van der Waals surface area contributed by atoms with Gasteiger partial charge in [-0.15, -0.1) is 0 Å². The molecule has 2 nitrogen and oxygen atoms in total. The van der Waals surface area contributed by atoms with Crippen LogP contribution in [-0.2, 0) is 6.54 Å². The van der Waals surface area contributed by atoms with Crippen LogP contribution in [-0.4, -0.2) is 19.1 Å². The number of rotatable bonds is 7. The summed E-state index contributed by atoms with van der Waals surface area (Å²) in [5.41, 5.74) is 2.59. The summed E-state index contributed by atoms with van der Waals surface area (Å²) in [5, 5.41) is 3.45. The third-order valence-electron chi connectivity index (χ3n) is 3.58. The molecule has 0 spiro atoms. The smallest absolute Gasteiger partial charge is 0.0510 e. The average molecular weight is 341 g/mol. The zero-order chi connectivity index (χ0) is 15.3. The molecule has 0 amide bonds. The van der Waals surface area contributed by atoms with Crippen LogP contribution in [0.5, 0.6) is 0 Å². The first-order valence-electron chi connectivity index (χ1n) is 7.56. The quantitative estimate of drug-likeness (QED) is 0.765. The Kier molecular flexibility index (Phi) is 7.04. The SMILES string of the molecule is CC(C)CC(C)N(C)c1ccc(CNC(C)C)cc1Br. The van der Waals surface area contributed by atoms with Crippen molar-refractivity contribution >= 4 is 21.6 Å². The number of anilines is 1. The van der Waals surface area contributed by atoms with Crippen LogP contribution in [0.4, 0.5) is 5.69 Å². The Bertz CT molecular complexity index is 415. The minimum absolute atomic E-state index is 0.516. The molecule has 1 N–H and O–H groups in total. The first kappa shape index (κ1) is 17.5. The number of halogens is 1. The maximum Gasteiger partial charge on any atom is 0.0510 e. The average Bonchev–Trinajstić information content (AvgIpc) is 2.34. The molecular formula is C17H29BrN2. The van der Waals surface area contributed by atoms with E-state index >= 15 is 0 Å². The van der Waals surface area contributed by atoms with E-state index in [0.29, 0.717) is 12.1 Å². The lowest BCUT2D eigenvalue weighted by Crippen LogP contribution is -2.30. The number of hydrogen-bond acceptors (Lipinski definition) is 2. The molecule has 20 heavy (non-hydrogen) atoms. The molecule has 0 bridgehead atoms. The number of hydrogen-bond donors (Lipinski definition) is 1. The largest absolute Gasteiger partial charge is 0.371 e. The summed E-state index contributed by atoms with van der Waals surface area (Å²) >= 11 is 3.72. The van der Waals surface area contributed by atoms with E-state index in [1.807, 2.05) is 0 Å². The third-order valence-corrected chi connectivity index (χ3v) is 4.22. The van der Waals surface area contributed by atoms with Crippen molar-refractivity contribution in [2.24, 2.45) is 5.92 Å². The van der Waals surface area contributed by atoms with E-state index < -0.39 is 0 Å². The van der Waals surface area contributed by atoms with Crippen molar-refractivity contribution in [2.45, 2.75) is 59.7 Å². The second-order valence-electron chi connectivity index (χ2n) is 6.41. The second kappa shape index (κ2) is 8.04. The summed E-state index contributed by atoms with van der Waals surface area (Å²) in [4.78, 5) is 2.36. The van der Waals surface area contributed by atoms with Gasteiger partial charge in [0.25, 0.3) is 0 Å². The van der Waals surface area contributed by atoms with Gasteiger partial charge in [0.15, 0.2) is 0 Å². The third kappa shape index (κ3) is 5.45. The lowest BCUT2D eigenvalue weighted by atomic mass is 10.0. The van der Waals surface area contributed by atoms with Gasteiger partial charge in [0.05, 0.1) is 5.69 Å². The van der Waals surface area contributed by atoms with Crippen molar-refractivity contribution in [1.82, 2.24) is 5.32 Å². The van der Waals surface area contributed by atoms with Gasteiger partial charge in [-0.3, -0.25) is 0 Å². The molecule has 1 unspecified atom stereocenters. The Labute approximate surface area is 133 Å². The van der Waals surface area contributed by atoms with Crippen LogP contribution in [0.2, 0.25) is 0 Å². The van der Waals surface area contributed by atoms with E-state index in [-0.39, 0.29) is 0 Å². The molecule has 1 rings (SSSR count). The highest BCUT2D eigenvalue weighted by atomic mass is 79.9. The molecule has 0 aliphatic heterocycles. The van der Waals surface area contributed by atoms with Crippen molar-refractivity contribution in [3.05, 3.63) is 28.2 Å². The summed E-state index contributed by atoms with van der Waals surface area (Å²) in [7, 11) is 2.18. The molecule has 0 radical (unpaired) electrons. The Balaban J connectivity index is 2.76. The maximum absolute atomic E-state index is 3.72. The normalized spacial score (nSPS) is 13.1. The molecule has 1 atom stereocenters. The van der Waals surface area contributed by atoms with E-state index in [0.717, 1.165) is 12.5 Å². The number of benzene rings is 1. The Hall–Kier alpha value is -0.540. The van der Waals surface area contributed by atoms with Gasteiger partial charge in [0.2, 0.25) is 0 Å². The molecule has 0 saturated carbocycles. The Morgan fingerprint density at radius 2 is 1.80 bits per heavy atom. The van der Waals surface area contributed by atoms with Crippen LogP contribution in [0.1, 0.15) is 46.6 Å². The van der Waals surface area contributed by atoms with Crippen molar-refractivity contribution in [1.29, 1.82) is 0 Å². The molecule has 1 aromatic rings. The highest BCUT2D eigenvalue weighted by Crippen LogP contribution is 2.29. The van der Waals surface area contributed by atoms with Crippen LogP contribution in [0, 0.1) is 5.92 Å². The summed E-state index contributed by atoms with van der Waals surface area (Å²) in [6.45, 7) is 12.1. The molecule has 3 heteroatoms. The molecular weight excluding hydrogens is 312 g/mol. The predicted octanol–water partition coefficient (Wildman–Crippen LogP) is 4.82. The summed E-state index contributed by atoms with van der Waals surface area (Å²) < 4.78 is 1.18. The summed E-state index contributed by atoms with van der Waals surface area (Å²) in [6, 6.07) is 7.73. The van der Waals surface area contributed by atoms with Crippen LogP contribution < -0.4 is 10.2 Å². The summed E-state index contributed by atoms with van der Waals surface area (Å²) in [5.74, 6) is 0.723. The van der Waals surface area contributed by atoms with Crippen LogP contribution in [0.15, 0.2) is 22.7 Å². The second-order valence-corrected chi connectivity index (χ2v) is 7.27. The first-order valence-corrected chi connectivity index (χ1v) is 8.35. The van der Waals surface area contributed by atoms with Crippen LogP contribution in [0.3, 0.4) is 0 Å². The van der Waals surface area contributed by atoms with Gasteiger partial charge in [0.1, 0.15) is 0 Å². The maximum atomic E-state index is 3.72. The fraction of sp³-hybridized carbons (Fsp3) is 0.647. The molecule has 0 heterocycles. The van der Waals surface area contributed by atoms with Crippen molar-refractivity contribution < 1.29 is 0 Å². The fourth-order valence-corrected chi connectivity index (χ4v) is 3.05.